The van der Waals surface area contributed by atoms with Crippen molar-refractivity contribution in [3.63, 3.8) is 0 Å². The van der Waals surface area contributed by atoms with Gasteiger partial charge in [-0.05, 0) is 49.4 Å². The lowest BCUT2D eigenvalue weighted by Crippen LogP contribution is -2.46. The standard InChI is InChI=1S/C23H29N3O4S/c1-30-21-11-10-19(31(28,29)26-18-8-9-18)14-20(21)24-15-22(27)25-16-23(12-5-13-23)17-6-3-2-4-7-17/h2-4,6-7,10-11,14,18,24,26H,5,8-9,12-13,15-16H2,1H3,(H,25,27). The van der Waals surface area contributed by atoms with Gasteiger partial charge in [0.05, 0.1) is 24.2 Å². The van der Waals surface area contributed by atoms with E-state index in [1.165, 1.54) is 24.8 Å². The molecule has 7 nitrogen and oxygen atoms in total. The number of carbonyl (C=O) groups excluding carboxylic acids is 1. The number of amides is 1. The maximum atomic E-state index is 12.5. The van der Waals surface area contributed by atoms with Crippen molar-refractivity contribution in [3.8, 4) is 5.75 Å². The summed E-state index contributed by atoms with van der Waals surface area (Å²) in [5.41, 5.74) is 1.74. The highest BCUT2D eigenvalue weighted by Gasteiger charge is 2.38. The maximum absolute atomic E-state index is 12.5. The molecule has 2 saturated carbocycles. The molecule has 0 radical (unpaired) electrons. The van der Waals surface area contributed by atoms with E-state index in [0.29, 0.717) is 18.0 Å². The molecule has 0 heterocycles. The zero-order chi connectivity index (χ0) is 21.9. The first-order valence-corrected chi connectivity index (χ1v) is 12.2. The first kappa shape index (κ1) is 21.6. The third-order valence-corrected chi connectivity index (χ3v) is 7.66. The molecule has 2 aliphatic rings. The van der Waals surface area contributed by atoms with E-state index in [4.69, 9.17) is 4.74 Å². The average molecular weight is 444 g/mol. The minimum absolute atomic E-state index is 0.0110. The smallest absolute Gasteiger partial charge is 0.240 e. The molecule has 1 amide bonds. The Hall–Kier alpha value is -2.58. The SMILES string of the molecule is COc1ccc(S(=O)(=O)NC2CC2)cc1NCC(=O)NCC1(c2ccccc2)CCC1. The first-order valence-electron chi connectivity index (χ1n) is 10.7. The number of hydrogen-bond donors (Lipinski definition) is 3. The summed E-state index contributed by atoms with van der Waals surface area (Å²) in [6.45, 7) is 0.620. The third kappa shape index (κ3) is 5.02. The number of benzene rings is 2. The van der Waals surface area contributed by atoms with Crippen molar-refractivity contribution in [1.29, 1.82) is 0 Å². The molecular weight excluding hydrogens is 414 g/mol. The Bertz CT molecular complexity index is 1030. The summed E-state index contributed by atoms with van der Waals surface area (Å²) in [4.78, 5) is 12.7. The molecule has 31 heavy (non-hydrogen) atoms. The van der Waals surface area contributed by atoms with Crippen LogP contribution in [0.4, 0.5) is 5.69 Å². The molecule has 0 aliphatic heterocycles. The van der Waals surface area contributed by atoms with Gasteiger partial charge in [-0.25, -0.2) is 13.1 Å². The van der Waals surface area contributed by atoms with Gasteiger partial charge in [-0.3, -0.25) is 4.79 Å². The highest BCUT2D eigenvalue weighted by molar-refractivity contribution is 7.89. The van der Waals surface area contributed by atoms with Gasteiger partial charge in [-0.1, -0.05) is 36.8 Å². The van der Waals surface area contributed by atoms with Crippen molar-refractivity contribution in [2.24, 2.45) is 0 Å². The first-order chi connectivity index (χ1) is 14.9. The predicted octanol–water partition coefficient (Wildman–Crippen LogP) is 2.79. The summed E-state index contributed by atoms with van der Waals surface area (Å²) >= 11 is 0. The number of rotatable bonds is 10. The Balaban J connectivity index is 1.38. The van der Waals surface area contributed by atoms with Gasteiger partial charge in [-0.2, -0.15) is 0 Å². The molecule has 2 fully saturated rings. The number of hydrogen-bond acceptors (Lipinski definition) is 5. The Morgan fingerprint density at radius 3 is 2.48 bits per heavy atom. The van der Waals surface area contributed by atoms with Gasteiger partial charge in [0.25, 0.3) is 0 Å². The second-order valence-electron chi connectivity index (χ2n) is 8.39. The maximum Gasteiger partial charge on any atom is 0.240 e. The molecule has 0 aromatic heterocycles. The quantitative estimate of drug-likeness (QED) is 0.525. The fourth-order valence-corrected chi connectivity index (χ4v) is 5.28. The number of anilines is 1. The highest BCUT2D eigenvalue weighted by atomic mass is 32.2. The van der Waals surface area contributed by atoms with Gasteiger partial charge < -0.3 is 15.4 Å². The second-order valence-corrected chi connectivity index (χ2v) is 10.1. The van der Waals surface area contributed by atoms with Crippen LogP contribution in [0.3, 0.4) is 0 Å². The Morgan fingerprint density at radius 2 is 1.87 bits per heavy atom. The van der Waals surface area contributed by atoms with Crippen LogP contribution in [0.25, 0.3) is 0 Å². The lowest BCUT2D eigenvalue weighted by Gasteiger charge is -2.42. The molecule has 0 atom stereocenters. The van der Waals surface area contributed by atoms with Crippen molar-refractivity contribution in [2.45, 2.75) is 48.5 Å². The van der Waals surface area contributed by atoms with Crippen LogP contribution in [0.1, 0.15) is 37.7 Å². The van der Waals surface area contributed by atoms with Crippen LogP contribution in [0, 0.1) is 0 Å². The normalized spacial score (nSPS) is 17.5. The van der Waals surface area contributed by atoms with Crippen LogP contribution in [0.15, 0.2) is 53.4 Å². The summed E-state index contributed by atoms with van der Waals surface area (Å²) < 4.78 is 33.0. The molecule has 0 spiro atoms. The van der Waals surface area contributed by atoms with E-state index in [-0.39, 0.29) is 28.8 Å². The number of nitrogens with one attached hydrogen (secondary N) is 3. The van der Waals surface area contributed by atoms with Crippen LogP contribution in [-0.2, 0) is 20.2 Å². The van der Waals surface area contributed by atoms with Gasteiger partial charge in [0.1, 0.15) is 5.75 Å². The fourth-order valence-electron chi connectivity index (χ4n) is 3.95. The molecule has 166 valence electrons. The van der Waals surface area contributed by atoms with Gasteiger partial charge in [0, 0.05) is 18.0 Å². The van der Waals surface area contributed by atoms with Gasteiger partial charge >= 0.3 is 0 Å². The third-order valence-electron chi connectivity index (χ3n) is 6.14. The van der Waals surface area contributed by atoms with E-state index < -0.39 is 10.0 Å². The lowest BCUT2D eigenvalue weighted by molar-refractivity contribution is -0.119. The zero-order valence-electron chi connectivity index (χ0n) is 17.7. The molecule has 4 rings (SSSR count). The Morgan fingerprint density at radius 1 is 1.13 bits per heavy atom. The second kappa shape index (κ2) is 8.88. The van der Waals surface area contributed by atoms with Crippen LogP contribution in [0.5, 0.6) is 5.75 Å². The lowest BCUT2D eigenvalue weighted by atomic mass is 9.64. The van der Waals surface area contributed by atoms with E-state index in [1.807, 2.05) is 18.2 Å². The van der Waals surface area contributed by atoms with Gasteiger partial charge in [-0.15, -0.1) is 0 Å². The predicted molar refractivity (Wildman–Crippen MR) is 120 cm³/mol. The zero-order valence-corrected chi connectivity index (χ0v) is 18.5. The largest absolute Gasteiger partial charge is 0.495 e. The average Bonchev–Trinajstić information content (AvgIpc) is 3.55. The Labute approximate surface area is 183 Å². The van der Waals surface area contributed by atoms with Crippen LogP contribution >= 0.6 is 0 Å². The molecular formula is C23H29N3O4S. The fraction of sp³-hybridized carbons (Fsp3) is 0.435. The van der Waals surface area contributed by atoms with E-state index >= 15 is 0 Å². The molecule has 8 heteroatoms. The summed E-state index contributed by atoms with van der Waals surface area (Å²) in [5.74, 6) is 0.339. The van der Waals surface area contributed by atoms with Crippen LogP contribution < -0.4 is 20.1 Å². The topological polar surface area (TPSA) is 96.5 Å². The molecule has 0 bridgehead atoms. The van der Waals surface area contributed by atoms with Crippen molar-refractivity contribution in [1.82, 2.24) is 10.0 Å². The molecule has 3 N–H and O–H groups in total. The number of sulfonamides is 1. The van der Waals surface area contributed by atoms with E-state index in [2.05, 4.69) is 27.5 Å². The minimum Gasteiger partial charge on any atom is -0.495 e. The van der Waals surface area contributed by atoms with Crippen LogP contribution in [0.2, 0.25) is 0 Å². The summed E-state index contributed by atoms with van der Waals surface area (Å²) in [6.07, 6.45) is 5.02. The van der Waals surface area contributed by atoms with E-state index in [1.54, 1.807) is 6.07 Å². The number of carbonyl (C=O) groups is 1. The highest BCUT2D eigenvalue weighted by Crippen LogP contribution is 2.43. The summed E-state index contributed by atoms with van der Waals surface area (Å²) in [5, 5.41) is 6.07. The van der Waals surface area contributed by atoms with E-state index in [9.17, 15) is 13.2 Å². The van der Waals surface area contributed by atoms with Crippen molar-refractivity contribution >= 4 is 21.6 Å². The molecule has 0 saturated heterocycles. The summed E-state index contributed by atoms with van der Waals surface area (Å²) in [7, 11) is -2.07. The van der Waals surface area contributed by atoms with Crippen molar-refractivity contribution in [2.75, 3.05) is 25.5 Å². The van der Waals surface area contributed by atoms with Crippen LogP contribution in [-0.4, -0.2) is 40.6 Å². The summed E-state index contributed by atoms with van der Waals surface area (Å²) in [6, 6.07) is 14.9. The number of methoxy groups -OCH3 is 1. The van der Waals surface area contributed by atoms with Gasteiger partial charge in [0.2, 0.25) is 15.9 Å². The molecule has 2 aliphatic carbocycles. The Kier molecular flexibility index (Phi) is 6.20. The minimum atomic E-state index is -3.59. The van der Waals surface area contributed by atoms with Gasteiger partial charge in [0.15, 0.2) is 0 Å². The molecule has 2 aromatic carbocycles. The number of ether oxygens (including phenoxy) is 1. The monoisotopic (exact) mass is 443 g/mol. The molecule has 2 aromatic rings. The van der Waals surface area contributed by atoms with Crippen molar-refractivity contribution < 1.29 is 17.9 Å². The van der Waals surface area contributed by atoms with Crippen molar-refractivity contribution in [3.05, 3.63) is 54.1 Å². The van der Waals surface area contributed by atoms with E-state index in [0.717, 1.165) is 32.1 Å². The molecule has 0 unspecified atom stereocenters.